The Kier molecular flexibility index (Phi) is 2.46. The SMILES string of the molecule is CN(C1CNC1)C1(c2cccc(Cl)c2)CC1. The molecule has 0 spiro atoms. The molecule has 1 aliphatic carbocycles. The molecule has 2 nitrogen and oxygen atoms in total. The van der Waals surface area contributed by atoms with Gasteiger partial charge >= 0.3 is 0 Å². The van der Waals surface area contributed by atoms with E-state index >= 15 is 0 Å². The highest BCUT2D eigenvalue weighted by Gasteiger charge is 2.50. The molecule has 0 aromatic heterocycles. The number of benzene rings is 1. The number of hydrogen-bond donors (Lipinski definition) is 1. The van der Waals surface area contributed by atoms with E-state index < -0.39 is 0 Å². The normalized spacial score (nSPS) is 23.2. The molecule has 3 heteroatoms. The van der Waals surface area contributed by atoms with Crippen molar-refractivity contribution in [3.05, 3.63) is 34.9 Å². The zero-order valence-electron chi connectivity index (χ0n) is 9.54. The summed E-state index contributed by atoms with van der Waals surface area (Å²) in [5.41, 5.74) is 1.66. The minimum atomic E-state index is 0.275. The Morgan fingerprint density at radius 1 is 1.38 bits per heavy atom. The van der Waals surface area contributed by atoms with Crippen molar-refractivity contribution in [2.24, 2.45) is 0 Å². The van der Waals surface area contributed by atoms with Crippen molar-refractivity contribution < 1.29 is 0 Å². The van der Waals surface area contributed by atoms with Crippen LogP contribution in [0.15, 0.2) is 24.3 Å². The van der Waals surface area contributed by atoms with Gasteiger partial charge in [0.05, 0.1) is 0 Å². The maximum Gasteiger partial charge on any atom is 0.0463 e. The van der Waals surface area contributed by atoms with E-state index in [9.17, 15) is 0 Å². The molecule has 86 valence electrons. The molecule has 3 rings (SSSR count). The van der Waals surface area contributed by atoms with E-state index in [1.54, 1.807) is 0 Å². The molecule has 1 heterocycles. The average molecular weight is 237 g/mol. The molecular formula is C13H17ClN2. The van der Waals surface area contributed by atoms with Crippen LogP contribution in [0.5, 0.6) is 0 Å². The largest absolute Gasteiger partial charge is 0.314 e. The fourth-order valence-corrected chi connectivity index (χ4v) is 2.83. The predicted octanol–water partition coefficient (Wildman–Crippen LogP) is 2.23. The lowest BCUT2D eigenvalue weighted by atomic mass is 9.99. The zero-order valence-corrected chi connectivity index (χ0v) is 10.3. The second-order valence-electron chi connectivity index (χ2n) is 4.96. The van der Waals surface area contributed by atoms with Gasteiger partial charge in [0, 0.05) is 29.7 Å². The third kappa shape index (κ3) is 1.56. The van der Waals surface area contributed by atoms with Crippen LogP contribution in [0, 0.1) is 0 Å². The highest BCUT2D eigenvalue weighted by Crippen LogP contribution is 2.51. The van der Waals surface area contributed by atoms with Gasteiger partial charge in [-0.05, 0) is 37.6 Å². The van der Waals surface area contributed by atoms with Crippen LogP contribution in [0.4, 0.5) is 0 Å². The monoisotopic (exact) mass is 236 g/mol. The summed E-state index contributed by atoms with van der Waals surface area (Å²) in [5.74, 6) is 0. The molecule has 1 aliphatic heterocycles. The minimum absolute atomic E-state index is 0.275. The molecule has 2 fully saturated rings. The first-order chi connectivity index (χ1) is 7.72. The van der Waals surface area contributed by atoms with E-state index in [2.05, 4.69) is 35.5 Å². The van der Waals surface area contributed by atoms with Gasteiger partial charge in [0.25, 0.3) is 0 Å². The maximum atomic E-state index is 6.08. The van der Waals surface area contributed by atoms with E-state index in [0.29, 0.717) is 6.04 Å². The van der Waals surface area contributed by atoms with Crippen molar-refractivity contribution in [1.82, 2.24) is 10.2 Å². The molecule has 1 saturated heterocycles. The Labute approximate surface area is 102 Å². The lowest BCUT2D eigenvalue weighted by Crippen LogP contribution is -2.58. The van der Waals surface area contributed by atoms with Gasteiger partial charge in [0.15, 0.2) is 0 Å². The highest BCUT2D eigenvalue weighted by atomic mass is 35.5. The number of likely N-dealkylation sites (N-methyl/N-ethyl adjacent to an activating group) is 1. The predicted molar refractivity (Wildman–Crippen MR) is 66.8 cm³/mol. The Morgan fingerprint density at radius 2 is 2.12 bits per heavy atom. The van der Waals surface area contributed by atoms with Crippen molar-refractivity contribution in [3.8, 4) is 0 Å². The molecule has 2 aliphatic rings. The first-order valence-corrected chi connectivity index (χ1v) is 6.30. The van der Waals surface area contributed by atoms with Crippen molar-refractivity contribution in [2.75, 3.05) is 20.1 Å². The standard InChI is InChI=1S/C13H17ClN2/c1-16(12-8-15-9-12)13(5-6-13)10-3-2-4-11(14)7-10/h2-4,7,12,15H,5-6,8-9H2,1H3. The van der Waals surface area contributed by atoms with Gasteiger partial charge in [-0.15, -0.1) is 0 Å². The summed E-state index contributed by atoms with van der Waals surface area (Å²) in [7, 11) is 2.25. The van der Waals surface area contributed by atoms with Gasteiger partial charge in [0.1, 0.15) is 0 Å². The number of nitrogens with zero attached hydrogens (tertiary/aromatic N) is 1. The summed E-state index contributed by atoms with van der Waals surface area (Å²) in [4.78, 5) is 2.54. The minimum Gasteiger partial charge on any atom is -0.314 e. The van der Waals surface area contributed by atoms with E-state index in [1.807, 2.05) is 6.07 Å². The van der Waals surface area contributed by atoms with Crippen LogP contribution in [-0.4, -0.2) is 31.1 Å². The van der Waals surface area contributed by atoms with Gasteiger partial charge in [-0.1, -0.05) is 23.7 Å². The van der Waals surface area contributed by atoms with E-state index in [0.717, 1.165) is 18.1 Å². The van der Waals surface area contributed by atoms with Gasteiger partial charge < -0.3 is 5.32 Å². The fourth-order valence-electron chi connectivity index (χ4n) is 2.64. The van der Waals surface area contributed by atoms with E-state index in [-0.39, 0.29) is 5.54 Å². The molecule has 0 radical (unpaired) electrons. The van der Waals surface area contributed by atoms with Gasteiger partial charge in [-0.3, -0.25) is 4.90 Å². The highest BCUT2D eigenvalue weighted by molar-refractivity contribution is 6.30. The second kappa shape index (κ2) is 3.73. The second-order valence-corrected chi connectivity index (χ2v) is 5.40. The van der Waals surface area contributed by atoms with Crippen molar-refractivity contribution >= 4 is 11.6 Å². The molecule has 16 heavy (non-hydrogen) atoms. The Balaban J connectivity index is 1.87. The zero-order chi connectivity index (χ0) is 11.2. The lowest BCUT2D eigenvalue weighted by molar-refractivity contribution is 0.111. The van der Waals surface area contributed by atoms with Crippen molar-refractivity contribution in [3.63, 3.8) is 0 Å². The lowest BCUT2D eigenvalue weighted by Gasteiger charge is -2.41. The fraction of sp³-hybridized carbons (Fsp3) is 0.538. The third-order valence-corrected chi connectivity index (χ3v) is 4.30. The van der Waals surface area contributed by atoms with Crippen LogP contribution >= 0.6 is 11.6 Å². The number of rotatable bonds is 3. The van der Waals surface area contributed by atoms with Crippen molar-refractivity contribution in [2.45, 2.75) is 24.4 Å². The Hall–Kier alpha value is -0.570. The van der Waals surface area contributed by atoms with Gasteiger partial charge in [-0.25, -0.2) is 0 Å². The van der Waals surface area contributed by atoms with Crippen molar-refractivity contribution in [1.29, 1.82) is 0 Å². The summed E-state index contributed by atoms with van der Waals surface area (Å²) >= 11 is 6.08. The third-order valence-electron chi connectivity index (χ3n) is 4.07. The molecule has 1 aromatic carbocycles. The summed E-state index contributed by atoms with van der Waals surface area (Å²) < 4.78 is 0. The number of halogens is 1. The quantitative estimate of drug-likeness (QED) is 0.866. The Bertz CT molecular complexity index is 397. The topological polar surface area (TPSA) is 15.3 Å². The van der Waals surface area contributed by atoms with Crippen LogP contribution in [0.2, 0.25) is 5.02 Å². The molecule has 0 amide bonds. The number of hydrogen-bond acceptors (Lipinski definition) is 2. The van der Waals surface area contributed by atoms with Gasteiger partial charge in [0.2, 0.25) is 0 Å². The van der Waals surface area contributed by atoms with Gasteiger partial charge in [-0.2, -0.15) is 0 Å². The molecule has 1 saturated carbocycles. The summed E-state index contributed by atoms with van der Waals surface area (Å²) in [6.45, 7) is 2.25. The summed E-state index contributed by atoms with van der Waals surface area (Å²) in [5, 5.41) is 4.19. The van der Waals surface area contributed by atoms with Crippen LogP contribution < -0.4 is 5.32 Å². The van der Waals surface area contributed by atoms with Crippen LogP contribution in [-0.2, 0) is 5.54 Å². The van der Waals surface area contributed by atoms with E-state index in [1.165, 1.54) is 18.4 Å². The molecule has 0 unspecified atom stereocenters. The maximum absolute atomic E-state index is 6.08. The summed E-state index contributed by atoms with van der Waals surface area (Å²) in [6, 6.07) is 9.04. The van der Waals surface area contributed by atoms with Crippen LogP contribution in [0.3, 0.4) is 0 Å². The van der Waals surface area contributed by atoms with E-state index in [4.69, 9.17) is 11.6 Å². The molecule has 1 aromatic rings. The smallest absolute Gasteiger partial charge is 0.0463 e. The number of nitrogens with one attached hydrogen (secondary N) is 1. The molecule has 0 atom stereocenters. The molecule has 1 N–H and O–H groups in total. The first-order valence-electron chi connectivity index (χ1n) is 5.92. The first kappa shape index (κ1) is 10.6. The Morgan fingerprint density at radius 3 is 2.62 bits per heavy atom. The summed E-state index contributed by atoms with van der Waals surface area (Å²) in [6.07, 6.45) is 2.53. The average Bonchev–Trinajstić information content (AvgIpc) is 2.95. The van der Waals surface area contributed by atoms with Crippen LogP contribution in [0.25, 0.3) is 0 Å². The van der Waals surface area contributed by atoms with Crippen LogP contribution in [0.1, 0.15) is 18.4 Å². The molecular weight excluding hydrogens is 220 g/mol. The molecule has 0 bridgehead atoms.